The van der Waals surface area contributed by atoms with Crippen molar-refractivity contribution >= 4 is 23.1 Å². The molecule has 0 amide bonds. The molecule has 8 nitrogen and oxygen atoms in total. The molecule has 0 aromatic heterocycles. The summed E-state index contributed by atoms with van der Waals surface area (Å²) in [6.45, 7) is 7.57. The number of fused-ring (bicyclic) bond motifs is 2. The second-order valence-corrected chi connectivity index (χ2v) is 7.15. The molecule has 0 spiro atoms. The van der Waals surface area contributed by atoms with Crippen molar-refractivity contribution in [3.05, 3.63) is 93.4 Å². The Morgan fingerprint density at radius 1 is 0.657 bits per heavy atom. The Bertz CT molecular complexity index is 988. The van der Waals surface area contributed by atoms with E-state index in [1.165, 1.54) is 13.8 Å². The number of benzene rings is 2. The summed E-state index contributed by atoms with van der Waals surface area (Å²) in [5.74, 6) is -0.459. The molecular formula is C26H34O8Ti+6. The molecule has 0 aliphatic heterocycles. The van der Waals surface area contributed by atoms with Crippen molar-refractivity contribution in [1.82, 2.24) is 0 Å². The van der Waals surface area contributed by atoms with E-state index in [0.717, 1.165) is 0 Å². The zero-order chi connectivity index (χ0) is 26.0. The first kappa shape index (κ1) is 31.8. The Morgan fingerprint density at radius 2 is 0.886 bits per heavy atom. The fraction of sp³-hybridized carbons (Fsp3) is 0.231. The molecule has 4 rings (SSSR count). The molecule has 0 radical (unpaired) electrons. The van der Waals surface area contributed by atoms with E-state index in [-0.39, 0.29) is 67.5 Å². The van der Waals surface area contributed by atoms with Crippen molar-refractivity contribution in [3.8, 4) is 0 Å². The average molecular weight is 522 g/mol. The number of allylic oxidation sites excluding steroid dienone is 4. The Labute approximate surface area is 218 Å². The predicted octanol–water partition coefficient (Wildman–Crippen LogP) is 1.01. The summed E-state index contributed by atoms with van der Waals surface area (Å²) < 4.78 is 0. The van der Waals surface area contributed by atoms with Gasteiger partial charge in [-0.05, 0) is 12.1 Å². The van der Waals surface area contributed by atoms with Crippen LogP contribution in [0.3, 0.4) is 0 Å². The van der Waals surface area contributed by atoms with Crippen LogP contribution in [0.4, 0.5) is 0 Å². The largest absolute Gasteiger partial charge is 0.596 e. The van der Waals surface area contributed by atoms with E-state index < -0.39 is 0 Å². The molecule has 0 unspecified atom stereocenters. The van der Waals surface area contributed by atoms with Gasteiger partial charge in [-0.3, -0.25) is 19.2 Å². The Morgan fingerprint density at radius 3 is 1.09 bits per heavy atom. The van der Waals surface area contributed by atoms with Crippen LogP contribution in [0.5, 0.6) is 0 Å². The van der Waals surface area contributed by atoms with Gasteiger partial charge < -0.3 is 20.4 Å². The molecule has 0 saturated carbocycles. The van der Waals surface area contributed by atoms with E-state index in [1.54, 1.807) is 62.4 Å². The van der Waals surface area contributed by atoms with Gasteiger partial charge in [-0.1, -0.05) is 36.4 Å². The third kappa shape index (κ3) is 7.41. The molecule has 0 saturated heterocycles. The third-order valence-corrected chi connectivity index (χ3v) is 4.53. The normalized spacial score (nSPS) is 15.7. The van der Waals surface area contributed by atoms with Crippen LogP contribution in [0.2, 0.25) is 0 Å². The molecule has 0 bridgehead atoms. The Kier molecular flexibility index (Phi) is 13.6. The van der Waals surface area contributed by atoms with Crippen LogP contribution >= 0.6 is 0 Å². The smallest absolute Gasteiger partial charge is 0.368 e. The summed E-state index contributed by atoms with van der Waals surface area (Å²) in [7, 11) is 0. The second-order valence-electron chi connectivity index (χ2n) is 7.15. The maximum absolute atomic E-state index is 11.7. The minimum Gasteiger partial charge on any atom is -0.596 e. The van der Waals surface area contributed by atoms with Gasteiger partial charge in [0, 0.05) is 60.5 Å². The van der Waals surface area contributed by atoms with E-state index in [9.17, 15) is 19.2 Å². The summed E-state index contributed by atoms with van der Waals surface area (Å²) in [5.41, 5.74) is 2.24. The molecule has 0 heterocycles. The molecule has 2 aromatic carbocycles. The number of carbonyl (C=O) groups excluding carboxylic acids is 4. The van der Waals surface area contributed by atoms with Crippen molar-refractivity contribution in [2.75, 3.05) is 13.2 Å². The summed E-state index contributed by atoms with van der Waals surface area (Å²) in [4.78, 5) is 42.8. The van der Waals surface area contributed by atoms with Gasteiger partial charge in [0.1, 0.15) is 13.2 Å². The second kappa shape index (κ2) is 15.0. The number of carbonyl (C=O) groups is 2. The van der Waals surface area contributed by atoms with Crippen molar-refractivity contribution in [3.63, 3.8) is 0 Å². The molecule has 2 aliphatic rings. The van der Waals surface area contributed by atoms with Crippen molar-refractivity contribution in [1.29, 1.82) is 0 Å². The number of hydrogen-bond donors (Lipinski definition) is 0. The van der Waals surface area contributed by atoms with Crippen molar-refractivity contribution < 1.29 is 61.3 Å². The van der Waals surface area contributed by atoms with Gasteiger partial charge in [-0.15, -0.1) is 0 Å². The first-order chi connectivity index (χ1) is 16.1. The summed E-state index contributed by atoms with van der Waals surface area (Å²) in [6, 6.07) is 13.7. The van der Waals surface area contributed by atoms with E-state index in [0.29, 0.717) is 35.5 Å². The van der Waals surface area contributed by atoms with Gasteiger partial charge in [-0.2, -0.15) is 0 Å². The maximum atomic E-state index is 11.7. The first-order valence-corrected chi connectivity index (χ1v) is 10.6. The summed E-state index contributed by atoms with van der Waals surface area (Å²) in [5, 5.41) is 27.2. The standard InChI is InChI=1S/2C11H8O3.2C2H6O.Ti/c2*1-6(12)9-10(13)7-4-2-3-5-8(7)11(9)14;2*1-2-3;/h2*2-5,12H,1H3;2*3H,2H2,1H3;/p+6. The molecule has 0 atom stereocenters. The number of ketones is 4. The molecule has 0 fully saturated rings. The van der Waals surface area contributed by atoms with Crippen molar-refractivity contribution in [2.24, 2.45) is 0 Å². The average Bonchev–Trinajstić information content (AvgIpc) is 3.20. The molecule has 2 aromatic rings. The van der Waals surface area contributed by atoms with Crippen LogP contribution in [0.15, 0.2) is 71.2 Å². The first-order valence-electron chi connectivity index (χ1n) is 10.6. The van der Waals surface area contributed by atoms with Gasteiger partial charge in [0.25, 0.3) is 0 Å². The fourth-order valence-corrected chi connectivity index (χ4v) is 3.22. The van der Waals surface area contributed by atoms with E-state index in [2.05, 4.69) is 0 Å². The van der Waals surface area contributed by atoms with Gasteiger partial charge in [-0.25, -0.2) is 0 Å². The SMILES string of the molecule is CC([OH2+])=C1C(=O)c2ccccc2C1=[OH+].CC([OH2+])=C1C(=O)c2ccccc2C1=[OH+].CC[OH2+].CC[OH2+].[Ti]. The Balaban J connectivity index is 0.000000528. The fourth-order valence-electron chi connectivity index (χ4n) is 3.22. The zero-order valence-electron chi connectivity index (χ0n) is 20.2. The minimum atomic E-state index is -0.259. The van der Waals surface area contributed by atoms with Crippen LogP contribution in [-0.4, -0.2) is 66.4 Å². The van der Waals surface area contributed by atoms with Crippen LogP contribution in [0, 0.1) is 0 Å². The van der Waals surface area contributed by atoms with Gasteiger partial charge >= 0.3 is 11.6 Å². The molecule has 184 valence electrons. The quantitative estimate of drug-likeness (QED) is 0.166. The maximum Gasteiger partial charge on any atom is 0.368 e. The van der Waals surface area contributed by atoms with E-state index in [1.807, 2.05) is 0 Å². The Hall–Kier alpha value is -3.17. The van der Waals surface area contributed by atoms with Crippen LogP contribution < -0.4 is 0 Å². The summed E-state index contributed by atoms with van der Waals surface area (Å²) in [6.07, 6.45) is 0. The van der Waals surface area contributed by atoms with Crippen LogP contribution in [0.25, 0.3) is 0 Å². The van der Waals surface area contributed by atoms with E-state index >= 15 is 0 Å². The van der Waals surface area contributed by atoms with Crippen LogP contribution in [-0.2, 0) is 21.7 Å². The predicted molar refractivity (Wildman–Crippen MR) is 135 cm³/mol. The number of hydrogen-bond acceptors (Lipinski definition) is 2. The van der Waals surface area contributed by atoms with Crippen LogP contribution in [0.1, 0.15) is 59.5 Å². The number of rotatable bonds is 0. The van der Waals surface area contributed by atoms with Gasteiger partial charge in [0.2, 0.25) is 34.2 Å². The third-order valence-electron chi connectivity index (χ3n) is 4.53. The van der Waals surface area contributed by atoms with Crippen molar-refractivity contribution in [2.45, 2.75) is 27.7 Å². The molecule has 2 aliphatic carbocycles. The molecule has 9 heteroatoms. The monoisotopic (exact) mass is 522 g/mol. The molecule has 35 heavy (non-hydrogen) atoms. The van der Waals surface area contributed by atoms with E-state index in [4.69, 9.17) is 20.4 Å². The van der Waals surface area contributed by atoms with Gasteiger partial charge in [0.05, 0.1) is 11.1 Å². The number of Topliss-reactive ketones (excluding diaryl/α,β-unsaturated/α-hetero) is 2. The molecule has 10 N–H and O–H groups in total. The summed E-state index contributed by atoms with van der Waals surface area (Å²) >= 11 is 0. The topological polar surface area (TPSA) is 169 Å². The zero-order valence-corrected chi connectivity index (χ0v) is 21.8. The molecular weight excluding hydrogens is 488 g/mol. The minimum absolute atomic E-state index is 0. The van der Waals surface area contributed by atoms with Gasteiger partial charge in [0.15, 0.2) is 0 Å².